The summed E-state index contributed by atoms with van der Waals surface area (Å²) in [5.41, 5.74) is 0.565. The highest BCUT2D eigenvalue weighted by atomic mass is 19.1. The van der Waals surface area contributed by atoms with Gasteiger partial charge in [-0.1, -0.05) is 38.5 Å². The van der Waals surface area contributed by atoms with Crippen LogP contribution >= 0.6 is 0 Å². The number of halogens is 1. The molecule has 2 fully saturated rings. The van der Waals surface area contributed by atoms with E-state index in [1.165, 1.54) is 38.5 Å². The average Bonchev–Trinajstić information content (AvgIpc) is 2.42. The van der Waals surface area contributed by atoms with Crippen LogP contribution in [0.4, 0.5) is 4.39 Å². The lowest BCUT2D eigenvalue weighted by Crippen LogP contribution is -2.15. The van der Waals surface area contributed by atoms with Gasteiger partial charge < -0.3 is 9.47 Å². The molecule has 0 saturated heterocycles. The number of rotatable bonds is 8. The van der Waals surface area contributed by atoms with Crippen molar-refractivity contribution in [2.45, 2.75) is 58.3 Å². The molecule has 0 aliphatic heterocycles. The largest absolute Gasteiger partial charge is 0.493 e. The molecule has 0 heterocycles. The Balaban J connectivity index is 1.48. The first-order chi connectivity index (χ1) is 10.7. The fourth-order valence-electron chi connectivity index (χ4n) is 3.14. The Labute approximate surface area is 133 Å². The highest BCUT2D eigenvalue weighted by Gasteiger charge is 2.19. The van der Waals surface area contributed by atoms with Gasteiger partial charge in [0.05, 0.1) is 13.2 Å². The number of hydrogen-bond acceptors (Lipinski definition) is 2. The lowest BCUT2D eigenvalue weighted by atomic mass is 9.83. The summed E-state index contributed by atoms with van der Waals surface area (Å²) in [5, 5.41) is 0. The van der Waals surface area contributed by atoms with Crippen LogP contribution in [0.2, 0.25) is 0 Å². The van der Waals surface area contributed by atoms with E-state index >= 15 is 0 Å². The predicted molar refractivity (Wildman–Crippen MR) is 86.0 cm³/mol. The Bertz CT molecular complexity index is 447. The SMILES string of the molecule is Cc1c(OCCC2CCC2)ccc(OCCC2CCC2)c1F. The van der Waals surface area contributed by atoms with E-state index in [1.54, 1.807) is 13.0 Å². The van der Waals surface area contributed by atoms with E-state index in [2.05, 4.69) is 0 Å². The summed E-state index contributed by atoms with van der Waals surface area (Å²) in [7, 11) is 0. The average molecular weight is 306 g/mol. The molecular formula is C19H27FO2. The van der Waals surface area contributed by atoms with Crippen molar-refractivity contribution in [2.24, 2.45) is 11.8 Å². The van der Waals surface area contributed by atoms with E-state index in [4.69, 9.17) is 9.47 Å². The lowest BCUT2D eigenvalue weighted by molar-refractivity contribution is 0.212. The van der Waals surface area contributed by atoms with Gasteiger partial charge in [0.1, 0.15) is 5.75 Å². The van der Waals surface area contributed by atoms with Gasteiger partial charge in [0.2, 0.25) is 0 Å². The molecule has 3 rings (SSSR count). The molecule has 0 radical (unpaired) electrons. The van der Waals surface area contributed by atoms with Gasteiger partial charge in [-0.2, -0.15) is 0 Å². The zero-order valence-corrected chi connectivity index (χ0v) is 13.6. The van der Waals surface area contributed by atoms with Crippen LogP contribution < -0.4 is 9.47 Å². The maximum Gasteiger partial charge on any atom is 0.171 e. The van der Waals surface area contributed by atoms with Crippen LogP contribution in [0, 0.1) is 24.6 Å². The zero-order valence-electron chi connectivity index (χ0n) is 13.6. The summed E-state index contributed by atoms with van der Waals surface area (Å²) in [4.78, 5) is 0. The van der Waals surface area contributed by atoms with E-state index in [0.717, 1.165) is 24.7 Å². The zero-order chi connectivity index (χ0) is 15.4. The maximum atomic E-state index is 14.3. The van der Waals surface area contributed by atoms with Crippen molar-refractivity contribution in [1.29, 1.82) is 0 Å². The molecule has 0 atom stereocenters. The number of benzene rings is 1. The van der Waals surface area contributed by atoms with Crippen LogP contribution in [0.25, 0.3) is 0 Å². The Kier molecular flexibility index (Phi) is 5.22. The Morgan fingerprint density at radius 3 is 1.91 bits per heavy atom. The van der Waals surface area contributed by atoms with Crippen LogP contribution in [0.5, 0.6) is 11.5 Å². The van der Waals surface area contributed by atoms with Gasteiger partial charge in [0.25, 0.3) is 0 Å². The molecule has 2 aliphatic rings. The third-order valence-corrected chi connectivity index (χ3v) is 5.32. The van der Waals surface area contributed by atoms with Crippen molar-refractivity contribution in [3.8, 4) is 11.5 Å². The van der Waals surface area contributed by atoms with Crippen molar-refractivity contribution < 1.29 is 13.9 Å². The third-order valence-electron chi connectivity index (χ3n) is 5.32. The fraction of sp³-hybridized carbons (Fsp3) is 0.684. The highest BCUT2D eigenvalue weighted by molar-refractivity contribution is 5.41. The van der Waals surface area contributed by atoms with Gasteiger partial charge in [0, 0.05) is 5.56 Å². The Morgan fingerprint density at radius 1 is 0.909 bits per heavy atom. The van der Waals surface area contributed by atoms with Gasteiger partial charge in [-0.15, -0.1) is 0 Å². The first kappa shape index (κ1) is 15.6. The quantitative estimate of drug-likeness (QED) is 0.651. The van der Waals surface area contributed by atoms with Gasteiger partial charge >= 0.3 is 0 Å². The van der Waals surface area contributed by atoms with E-state index in [1.807, 2.05) is 6.07 Å². The van der Waals surface area contributed by atoms with Gasteiger partial charge in [-0.05, 0) is 43.7 Å². The molecule has 1 aromatic rings. The molecule has 0 aromatic heterocycles. The molecule has 0 spiro atoms. The standard InChI is InChI=1S/C19H27FO2/c1-14-17(21-12-10-15-4-2-5-15)8-9-18(19(14)20)22-13-11-16-6-3-7-16/h8-9,15-16H,2-7,10-13H2,1H3. The second-order valence-electron chi connectivity index (χ2n) is 6.87. The van der Waals surface area contributed by atoms with Gasteiger partial charge in [-0.3, -0.25) is 0 Å². The normalized spacial score (nSPS) is 18.6. The maximum absolute atomic E-state index is 14.3. The first-order valence-corrected chi connectivity index (χ1v) is 8.78. The van der Waals surface area contributed by atoms with Crippen LogP contribution in [0.15, 0.2) is 12.1 Å². The molecule has 2 aliphatic carbocycles. The molecule has 0 unspecified atom stereocenters. The molecule has 122 valence electrons. The minimum atomic E-state index is -0.269. The van der Waals surface area contributed by atoms with Gasteiger partial charge in [-0.25, -0.2) is 4.39 Å². The second kappa shape index (κ2) is 7.34. The summed E-state index contributed by atoms with van der Waals surface area (Å²) in [6, 6.07) is 3.56. The molecule has 0 N–H and O–H groups in total. The fourth-order valence-corrected chi connectivity index (χ4v) is 3.14. The summed E-state index contributed by atoms with van der Waals surface area (Å²) >= 11 is 0. The van der Waals surface area contributed by atoms with Crippen LogP contribution in [-0.2, 0) is 0 Å². The van der Waals surface area contributed by atoms with Crippen LogP contribution in [0.1, 0.15) is 56.9 Å². The van der Waals surface area contributed by atoms with Gasteiger partial charge in [0.15, 0.2) is 11.6 Å². The second-order valence-corrected chi connectivity index (χ2v) is 6.87. The summed E-state index contributed by atoms with van der Waals surface area (Å²) in [5.74, 6) is 2.36. The minimum absolute atomic E-state index is 0.269. The number of hydrogen-bond donors (Lipinski definition) is 0. The van der Waals surface area contributed by atoms with Crippen molar-refractivity contribution in [1.82, 2.24) is 0 Å². The van der Waals surface area contributed by atoms with Crippen molar-refractivity contribution in [3.05, 3.63) is 23.5 Å². The molecule has 0 amide bonds. The molecule has 22 heavy (non-hydrogen) atoms. The molecule has 1 aromatic carbocycles. The topological polar surface area (TPSA) is 18.5 Å². The molecule has 2 nitrogen and oxygen atoms in total. The lowest BCUT2D eigenvalue weighted by Gasteiger charge is -2.25. The smallest absolute Gasteiger partial charge is 0.171 e. The van der Waals surface area contributed by atoms with E-state index in [0.29, 0.717) is 30.3 Å². The van der Waals surface area contributed by atoms with E-state index in [-0.39, 0.29) is 5.82 Å². The number of ether oxygens (including phenoxy) is 2. The molecule has 0 bridgehead atoms. The third kappa shape index (κ3) is 3.74. The van der Waals surface area contributed by atoms with E-state index in [9.17, 15) is 4.39 Å². The summed E-state index contributed by atoms with van der Waals surface area (Å²) in [6.45, 7) is 3.07. The van der Waals surface area contributed by atoms with Crippen molar-refractivity contribution >= 4 is 0 Å². The first-order valence-electron chi connectivity index (χ1n) is 8.78. The molecule has 2 saturated carbocycles. The summed E-state index contributed by atoms with van der Waals surface area (Å²) in [6.07, 6.45) is 10.1. The molecule has 3 heteroatoms. The van der Waals surface area contributed by atoms with Crippen molar-refractivity contribution in [3.63, 3.8) is 0 Å². The van der Waals surface area contributed by atoms with Crippen LogP contribution in [-0.4, -0.2) is 13.2 Å². The van der Waals surface area contributed by atoms with Crippen LogP contribution in [0.3, 0.4) is 0 Å². The van der Waals surface area contributed by atoms with Crippen molar-refractivity contribution in [2.75, 3.05) is 13.2 Å². The Morgan fingerprint density at radius 2 is 1.41 bits per heavy atom. The monoisotopic (exact) mass is 306 g/mol. The Hall–Kier alpha value is -1.25. The van der Waals surface area contributed by atoms with E-state index < -0.39 is 0 Å². The highest BCUT2D eigenvalue weighted by Crippen LogP contribution is 2.32. The molecular weight excluding hydrogens is 279 g/mol. The predicted octanol–water partition coefficient (Wildman–Crippen LogP) is 5.27. The summed E-state index contributed by atoms with van der Waals surface area (Å²) < 4.78 is 25.7. The minimum Gasteiger partial charge on any atom is -0.493 e.